The summed E-state index contributed by atoms with van der Waals surface area (Å²) in [5.74, 6) is -0.782. The van der Waals surface area contributed by atoms with Crippen molar-refractivity contribution in [1.82, 2.24) is 0 Å². The molecule has 0 atom stereocenters. The molecule has 0 bridgehead atoms. The molecule has 5 heteroatoms. The molecule has 0 saturated carbocycles. The largest absolute Gasteiger partial charge is 0.330 e. The van der Waals surface area contributed by atoms with E-state index in [1.165, 1.54) is 18.2 Å². The summed E-state index contributed by atoms with van der Waals surface area (Å²) in [6, 6.07) is 4.02. The van der Waals surface area contributed by atoms with E-state index in [4.69, 9.17) is 17.3 Å². The smallest absolute Gasteiger partial charge is 0.225 e. The van der Waals surface area contributed by atoms with Gasteiger partial charge in [0.25, 0.3) is 0 Å². The van der Waals surface area contributed by atoms with Crippen LogP contribution in [0.5, 0.6) is 0 Å². The summed E-state index contributed by atoms with van der Waals surface area (Å²) in [5.41, 5.74) is 5.31. The number of hydrogen-bond donors (Lipinski definition) is 2. The molecule has 0 saturated heterocycles. The topological polar surface area (TPSA) is 55.1 Å². The van der Waals surface area contributed by atoms with Gasteiger partial charge in [0.1, 0.15) is 5.82 Å². The highest BCUT2D eigenvalue weighted by molar-refractivity contribution is 6.30. The third-order valence-corrected chi connectivity index (χ3v) is 2.63. The number of carbonyl (C=O) groups excluding carboxylic acids is 1. The minimum Gasteiger partial charge on any atom is -0.330 e. The lowest BCUT2D eigenvalue weighted by Gasteiger charge is -2.21. The third kappa shape index (κ3) is 4.32. The van der Waals surface area contributed by atoms with Gasteiger partial charge in [-0.3, -0.25) is 4.79 Å². The van der Waals surface area contributed by atoms with Gasteiger partial charge in [0.2, 0.25) is 5.91 Å². The van der Waals surface area contributed by atoms with Gasteiger partial charge < -0.3 is 11.1 Å². The Bertz CT molecular complexity index is 421. The molecule has 0 radical (unpaired) electrons. The first-order valence-electron chi connectivity index (χ1n) is 5.29. The van der Waals surface area contributed by atoms with Crippen molar-refractivity contribution in [3.63, 3.8) is 0 Å². The second-order valence-corrected chi connectivity index (χ2v) is 5.15. The minimum absolute atomic E-state index is 0.0929. The summed E-state index contributed by atoms with van der Waals surface area (Å²) in [4.78, 5) is 11.7. The molecule has 3 N–H and O–H groups in total. The zero-order valence-corrected chi connectivity index (χ0v) is 10.6. The lowest BCUT2D eigenvalue weighted by molar-refractivity contribution is -0.117. The molecule has 1 aromatic rings. The van der Waals surface area contributed by atoms with E-state index in [9.17, 15) is 9.18 Å². The van der Waals surface area contributed by atoms with Crippen LogP contribution in [-0.4, -0.2) is 12.5 Å². The van der Waals surface area contributed by atoms with E-state index in [1.54, 1.807) is 0 Å². The summed E-state index contributed by atoms with van der Waals surface area (Å²) < 4.78 is 13.3. The quantitative estimate of drug-likeness (QED) is 0.873. The number of nitrogens with one attached hydrogen (secondary N) is 1. The van der Waals surface area contributed by atoms with E-state index >= 15 is 0 Å². The summed E-state index contributed by atoms with van der Waals surface area (Å²) in [7, 11) is 0. The summed E-state index contributed by atoms with van der Waals surface area (Å²) in [6.07, 6.45) is 0.232. The van der Waals surface area contributed by atoms with Crippen LogP contribution in [0.2, 0.25) is 5.02 Å². The van der Waals surface area contributed by atoms with Crippen LogP contribution in [0, 0.1) is 11.2 Å². The standard InChI is InChI=1S/C12H16ClFN2O/c1-12(2,7-15)6-11(17)16-10-5-8(13)3-4-9(10)14/h3-5H,6-7,15H2,1-2H3,(H,16,17). The van der Waals surface area contributed by atoms with Crippen molar-refractivity contribution in [1.29, 1.82) is 0 Å². The van der Waals surface area contributed by atoms with E-state index < -0.39 is 5.82 Å². The van der Waals surface area contributed by atoms with Gasteiger partial charge in [-0.25, -0.2) is 4.39 Å². The van der Waals surface area contributed by atoms with E-state index in [1.807, 2.05) is 13.8 Å². The molecule has 0 aliphatic rings. The fourth-order valence-corrected chi connectivity index (χ4v) is 1.47. The molecule has 0 aromatic heterocycles. The summed E-state index contributed by atoms with van der Waals surface area (Å²) in [6.45, 7) is 4.14. The van der Waals surface area contributed by atoms with Crippen LogP contribution in [-0.2, 0) is 4.79 Å². The van der Waals surface area contributed by atoms with Crippen LogP contribution >= 0.6 is 11.6 Å². The fraction of sp³-hybridized carbons (Fsp3) is 0.417. The maximum atomic E-state index is 13.3. The first-order chi connectivity index (χ1) is 7.84. The fourth-order valence-electron chi connectivity index (χ4n) is 1.29. The maximum Gasteiger partial charge on any atom is 0.225 e. The Morgan fingerprint density at radius 3 is 2.76 bits per heavy atom. The van der Waals surface area contributed by atoms with Crippen LogP contribution in [0.3, 0.4) is 0 Å². The molecule has 0 aliphatic carbocycles. The molecule has 0 unspecified atom stereocenters. The number of rotatable bonds is 4. The Labute approximate surface area is 105 Å². The Morgan fingerprint density at radius 2 is 2.18 bits per heavy atom. The van der Waals surface area contributed by atoms with Crippen LogP contribution in [0.4, 0.5) is 10.1 Å². The van der Waals surface area contributed by atoms with Crippen molar-refractivity contribution in [2.75, 3.05) is 11.9 Å². The highest BCUT2D eigenvalue weighted by Crippen LogP contribution is 2.22. The van der Waals surface area contributed by atoms with E-state index in [-0.39, 0.29) is 23.4 Å². The molecular weight excluding hydrogens is 243 g/mol. The van der Waals surface area contributed by atoms with Crippen LogP contribution in [0.15, 0.2) is 18.2 Å². The van der Waals surface area contributed by atoms with Crippen LogP contribution < -0.4 is 11.1 Å². The van der Waals surface area contributed by atoms with Crippen molar-refractivity contribution in [2.24, 2.45) is 11.1 Å². The van der Waals surface area contributed by atoms with Crippen LogP contribution in [0.1, 0.15) is 20.3 Å². The lowest BCUT2D eigenvalue weighted by Crippen LogP contribution is -2.29. The summed E-state index contributed by atoms with van der Waals surface area (Å²) in [5, 5.41) is 2.86. The number of hydrogen-bond acceptors (Lipinski definition) is 2. The number of nitrogens with two attached hydrogens (primary N) is 1. The molecule has 1 aromatic carbocycles. The van der Waals surface area contributed by atoms with Gasteiger partial charge >= 0.3 is 0 Å². The molecule has 17 heavy (non-hydrogen) atoms. The second kappa shape index (κ2) is 5.47. The molecule has 0 aliphatic heterocycles. The first kappa shape index (κ1) is 13.9. The minimum atomic E-state index is -0.506. The van der Waals surface area contributed by atoms with Crippen molar-refractivity contribution >= 4 is 23.2 Å². The number of carbonyl (C=O) groups is 1. The zero-order chi connectivity index (χ0) is 13.1. The number of amides is 1. The van der Waals surface area contributed by atoms with Gasteiger partial charge in [0.05, 0.1) is 5.69 Å². The van der Waals surface area contributed by atoms with Gasteiger partial charge in [0, 0.05) is 11.4 Å². The second-order valence-electron chi connectivity index (χ2n) is 4.72. The van der Waals surface area contributed by atoms with Crippen LogP contribution in [0.25, 0.3) is 0 Å². The highest BCUT2D eigenvalue weighted by atomic mass is 35.5. The molecule has 1 rings (SSSR count). The molecule has 94 valence electrons. The molecule has 0 fully saturated rings. The zero-order valence-electron chi connectivity index (χ0n) is 9.89. The average Bonchev–Trinajstić information content (AvgIpc) is 2.23. The monoisotopic (exact) mass is 258 g/mol. The van der Waals surface area contributed by atoms with Gasteiger partial charge in [-0.1, -0.05) is 25.4 Å². The van der Waals surface area contributed by atoms with Crippen molar-refractivity contribution < 1.29 is 9.18 Å². The molecule has 1 amide bonds. The lowest BCUT2D eigenvalue weighted by atomic mass is 9.89. The van der Waals surface area contributed by atoms with E-state index in [2.05, 4.69) is 5.32 Å². The number of anilines is 1. The average molecular weight is 259 g/mol. The molecule has 0 heterocycles. The predicted octanol–water partition coefficient (Wildman–Crippen LogP) is 2.79. The normalized spacial score (nSPS) is 11.4. The Balaban J connectivity index is 2.71. The number of benzene rings is 1. The van der Waals surface area contributed by atoms with Gasteiger partial charge in [-0.15, -0.1) is 0 Å². The van der Waals surface area contributed by atoms with Gasteiger partial charge in [-0.05, 0) is 30.2 Å². The Kier molecular flexibility index (Phi) is 4.48. The SMILES string of the molecule is CC(C)(CN)CC(=O)Nc1cc(Cl)ccc1F. The van der Waals surface area contributed by atoms with E-state index in [0.717, 1.165) is 0 Å². The van der Waals surface area contributed by atoms with E-state index in [0.29, 0.717) is 11.6 Å². The van der Waals surface area contributed by atoms with Gasteiger partial charge in [-0.2, -0.15) is 0 Å². The molecule has 0 spiro atoms. The summed E-state index contributed by atoms with van der Waals surface area (Å²) >= 11 is 5.72. The van der Waals surface area contributed by atoms with Crippen molar-refractivity contribution in [2.45, 2.75) is 20.3 Å². The molecular formula is C12H16ClFN2O. The van der Waals surface area contributed by atoms with Gasteiger partial charge in [0.15, 0.2) is 0 Å². The number of halogens is 2. The Morgan fingerprint density at radius 1 is 1.53 bits per heavy atom. The predicted molar refractivity (Wildman–Crippen MR) is 67.5 cm³/mol. The van der Waals surface area contributed by atoms with Crippen molar-refractivity contribution in [3.05, 3.63) is 29.0 Å². The Hall–Kier alpha value is -1.13. The highest BCUT2D eigenvalue weighted by Gasteiger charge is 2.20. The van der Waals surface area contributed by atoms with Crippen molar-refractivity contribution in [3.8, 4) is 0 Å². The first-order valence-corrected chi connectivity index (χ1v) is 5.67. The maximum absolute atomic E-state index is 13.3. The third-order valence-electron chi connectivity index (χ3n) is 2.39. The molecule has 3 nitrogen and oxygen atoms in total.